The molecule has 1 heterocycles. The van der Waals surface area contributed by atoms with Crippen LogP contribution in [0.4, 0.5) is 13.2 Å². The van der Waals surface area contributed by atoms with E-state index in [4.69, 9.17) is 4.74 Å². The Balaban J connectivity index is 1.76. The van der Waals surface area contributed by atoms with Crippen molar-refractivity contribution in [1.82, 2.24) is 10.3 Å². The van der Waals surface area contributed by atoms with E-state index in [1.165, 1.54) is 0 Å². The molecule has 3 nitrogen and oxygen atoms in total. The third-order valence-electron chi connectivity index (χ3n) is 3.47. The average molecular weight is 367 g/mol. The van der Waals surface area contributed by atoms with Gasteiger partial charge in [-0.25, -0.2) is 0 Å². The third-order valence-corrected chi connectivity index (χ3v) is 3.90. The van der Waals surface area contributed by atoms with Gasteiger partial charge in [-0.1, -0.05) is 0 Å². The third kappa shape index (κ3) is 6.32. The van der Waals surface area contributed by atoms with Crippen LogP contribution < -0.4 is 5.32 Å². The van der Waals surface area contributed by atoms with Crippen molar-refractivity contribution in [2.24, 2.45) is 0 Å². The number of alkyl halides is 3. The Kier molecular flexibility index (Phi) is 6.01. The Morgan fingerprint density at radius 1 is 1.33 bits per heavy atom. The Morgan fingerprint density at radius 2 is 2.14 bits per heavy atom. The lowest BCUT2D eigenvalue weighted by molar-refractivity contribution is -0.188. The molecule has 1 saturated carbocycles. The standard InChI is InChI=1S/C14H18BrF3N2O/c15-11-4-10(6-19-8-11)7-20-12-2-1-3-13(5-12)21-9-14(16,17)18/h4,6,8,12-13,20H,1-3,5,7,9H2. The number of ether oxygens (including phenoxy) is 1. The summed E-state index contributed by atoms with van der Waals surface area (Å²) in [5, 5.41) is 3.37. The number of halogens is 4. The monoisotopic (exact) mass is 366 g/mol. The first kappa shape index (κ1) is 16.7. The molecular formula is C14H18BrF3N2O. The summed E-state index contributed by atoms with van der Waals surface area (Å²) in [4.78, 5) is 4.08. The fourth-order valence-electron chi connectivity index (χ4n) is 2.51. The van der Waals surface area contributed by atoms with Gasteiger partial charge in [-0.05, 0) is 53.2 Å². The van der Waals surface area contributed by atoms with E-state index in [0.29, 0.717) is 19.4 Å². The molecule has 1 aromatic heterocycles. The second-order valence-electron chi connectivity index (χ2n) is 5.30. The largest absolute Gasteiger partial charge is 0.411 e. The van der Waals surface area contributed by atoms with E-state index in [-0.39, 0.29) is 12.1 Å². The van der Waals surface area contributed by atoms with E-state index in [1.54, 1.807) is 12.4 Å². The summed E-state index contributed by atoms with van der Waals surface area (Å²) in [6, 6.07) is 2.16. The highest BCUT2D eigenvalue weighted by Gasteiger charge is 2.31. The van der Waals surface area contributed by atoms with Crippen molar-refractivity contribution in [2.75, 3.05) is 6.61 Å². The second kappa shape index (κ2) is 7.56. The molecule has 1 fully saturated rings. The predicted octanol–water partition coefficient (Wildman–Crippen LogP) is 3.82. The Labute approximate surface area is 130 Å². The molecule has 0 radical (unpaired) electrons. The predicted molar refractivity (Wildman–Crippen MR) is 76.8 cm³/mol. The smallest absolute Gasteiger partial charge is 0.369 e. The van der Waals surface area contributed by atoms with E-state index in [9.17, 15) is 13.2 Å². The maximum absolute atomic E-state index is 12.2. The molecule has 0 amide bonds. The van der Waals surface area contributed by atoms with Crippen LogP contribution in [0.5, 0.6) is 0 Å². The van der Waals surface area contributed by atoms with E-state index in [2.05, 4.69) is 26.2 Å². The lowest BCUT2D eigenvalue weighted by atomic mass is 9.92. The number of hydrogen-bond acceptors (Lipinski definition) is 3. The molecule has 1 aliphatic rings. The summed E-state index contributed by atoms with van der Waals surface area (Å²) >= 11 is 3.36. The van der Waals surface area contributed by atoms with Crippen molar-refractivity contribution < 1.29 is 17.9 Å². The molecule has 21 heavy (non-hydrogen) atoms. The topological polar surface area (TPSA) is 34.1 Å². The van der Waals surface area contributed by atoms with Crippen molar-refractivity contribution in [3.8, 4) is 0 Å². The molecule has 2 rings (SSSR count). The van der Waals surface area contributed by atoms with Gasteiger partial charge in [-0.15, -0.1) is 0 Å². The molecule has 0 aliphatic heterocycles. The van der Waals surface area contributed by atoms with Gasteiger partial charge >= 0.3 is 6.18 Å². The normalized spacial score (nSPS) is 23.2. The van der Waals surface area contributed by atoms with E-state index < -0.39 is 12.8 Å². The summed E-state index contributed by atoms with van der Waals surface area (Å²) in [6.45, 7) is -0.497. The highest BCUT2D eigenvalue weighted by atomic mass is 79.9. The molecule has 0 bridgehead atoms. The van der Waals surface area contributed by atoms with Crippen molar-refractivity contribution >= 4 is 15.9 Å². The molecular weight excluding hydrogens is 349 g/mol. The molecule has 1 aliphatic carbocycles. The lowest BCUT2D eigenvalue weighted by Crippen LogP contribution is -2.37. The van der Waals surface area contributed by atoms with Crippen LogP contribution in [-0.4, -0.2) is 29.9 Å². The van der Waals surface area contributed by atoms with Crippen molar-refractivity contribution in [3.05, 3.63) is 28.5 Å². The Morgan fingerprint density at radius 3 is 2.86 bits per heavy atom. The van der Waals surface area contributed by atoms with Gasteiger partial charge in [-0.2, -0.15) is 13.2 Å². The van der Waals surface area contributed by atoms with Crippen LogP contribution in [-0.2, 0) is 11.3 Å². The summed E-state index contributed by atoms with van der Waals surface area (Å²) < 4.78 is 42.4. The van der Waals surface area contributed by atoms with Gasteiger partial charge in [0.05, 0.1) is 6.10 Å². The van der Waals surface area contributed by atoms with Gasteiger partial charge in [0.1, 0.15) is 6.61 Å². The Bertz CT molecular complexity index is 456. The van der Waals surface area contributed by atoms with Crippen LogP contribution in [0.2, 0.25) is 0 Å². The van der Waals surface area contributed by atoms with E-state index in [0.717, 1.165) is 22.9 Å². The number of rotatable bonds is 5. The molecule has 1 N–H and O–H groups in total. The highest BCUT2D eigenvalue weighted by molar-refractivity contribution is 9.10. The van der Waals surface area contributed by atoms with Gasteiger partial charge in [0.25, 0.3) is 0 Å². The molecule has 2 atom stereocenters. The number of nitrogens with zero attached hydrogens (tertiary/aromatic N) is 1. The molecule has 2 unspecified atom stereocenters. The first-order chi connectivity index (χ1) is 9.92. The molecule has 0 aromatic carbocycles. The van der Waals surface area contributed by atoms with Crippen LogP contribution in [0, 0.1) is 0 Å². The van der Waals surface area contributed by atoms with Crippen LogP contribution in [0.3, 0.4) is 0 Å². The minimum atomic E-state index is -4.25. The van der Waals surface area contributed by atoms with Crippen LogP contribution in [0.15, 0.2) is 22.9 Å². The maximum Gasteiger partial charge on any atom is 0.411 e. The molecule has 1 aromatic rings. The van der Waals surface area contributed by atoms with Crippen LogP contribution in [0.1, 0.15) is 31.2 Å². The SMILES string of the molecule is FC(F)(F)COC1CCCC(NCc2cncc(Br)c2)C1. The quantitative estimate of drug-likeness (QED) is 0.859. The molecule has 7 heteroatoms. The van der Waals surface area contributed by atoms with Gasteiger partial charge in [0, 0.05) is 29.5 Å². The summed E-state index contributed by atoms with van der Waals surface area (Å²) in [7, 11) is 0. The zero-order valence-corrected chi connectivity index (χ0v) is 13.1. The Hall–Kier alpha value is -0.660. The number of hydrogen-bond donors (Lipinski definition) is 1. The van der Waals surface area contributed by atoms with Gasteiger partial charge in [0.2, 0.25) is 0 Å². The van der Waals surface area contributed by atoms with Crippen molar-refractivity contribution in [1.29, 1.82) is 0 Å². The zero-order chi connectivity index (χ0) is 15.3. The summed E-state index contributed by atoms with van der Waals surface area (Å²) in [5.41, 5.74) is 1.04. The average Bonchev–Trinajstić information content (AvgIpc) is 2.43. The number of nitrogens with one attached hydrogen (secondary N) is 1. The molecule has 118 valence electrons. The number of pyridine rings is 1. The first-order valence-electron chi connectivity index (χ1n) is 6.93. The van der Waals surface area contributed by atoms with E-state index >= 15 is 0 Å². The van der Waals surface area contributed by atoms with Crippen LogP contribution >= 0.6 is 15.9 Å². The fraction of sp³-hybridized carbons (Fsp3) is 0.643. The fourth-order valence-corrected chi connectivity index (χ4v) is 2.92. The second-order valence-corrected chi connectivity index (χ2v) is 6.22. The summed E-state index contributed by atoms with van der Waals surface area (Å²) in [6.07, 6.45) is 2.11. The van der Waals surface area contributed by atoms with Gasteiger partial charge in [0.15, 0.2) is 0 Å². The first-order valence-corrected chi connectivity index (χ1v) is 7.73. The van der Waals surface area contributed by atoms with Gasteiger partial charge < -0.3 is 10.1 Å². The van der Waals surface area contributed by atoms with Crippen molar-refractivity contribution in [3.63, 3.8) is 0 Å². The molecule has 0 saturated heterocycles. The van der Waals surface area contributed by atoms with Crippen LogP contribution in [0.25, 0.3) is 0 Å². The maximum atomic E-state index is 12.2. The number of aromatic nitrogens is 1. The minimum Gasteiger partial charge on any atom is -0.369 e. The summed E-state index contributed by atoms with van der Waals surface area (Å²) in [5.74, 6) is 0. The minimum absolute atomic E-state index is 0.191. The highest BCUT2D eigenvalue weighted by Crippen LogP contribution is 2.24. The van der Waals surface area contributed by atoms with Crippen molar-refractivity contribution in [2.45, 2.75) is 50.6 Å². The zero-order valence-electron chi connectivity index (χ0n) is 11.5. The van der Waals surface area contributed by atoms with Gasteiger partial charge in [-0.3, -0.25) is 4.98 Å². The van der Waals surface area contributed by atoms with E-state index in [1.807, 2.05) is 6.07 Å². The lowest BCUT2D eigenvalue weighted by Gasteiger charge is -2.30. The molecule has 0 spiro atoms.